The molecule has 2 aromatic heterocycles. The third-order valence-electron chi connectivity index (χ3n) is 4.72. The summed E-state index contributed by atoms with van der Waals surface area (Å²) in [5, 5.41) is 10.3. The molecular formula is C19H17Cl2F2N3O3S. The Morgan fingerprint density at radius 2 is 2.00 bits per heavy atom. The van der Waals surface area contributed by atoms with E-state index in [9.17, 15) is 13.6 Å². The first-order chi connectivity index (χ1) is 13.9. The molecule has 0 radical (unpaired) electrons. The van der Waals surface area contributed by atoms with Crippen LogP contribution in [0.3, 0.4) is 0 Å². The number of ether oxygens (including phenoxy) is 1. The van der Waals surface area contributed by atoms with Crippen molar-refractivity contribution in [2.45, 2.75) is 18.9 Å². The monoisotopic (exact) mass is 475 g/mol. The lowest BCUT2D eigenvalue weighted by molar-refractivity contribution is -0.144. The fourth-order valence-corrected chi connectivity index (χ4v) is 4.30. The van der Waals surface area contributed by atoms with Crippen LogP contribution in [0.5, 0.6) is 0 Å². The summed E-state index contributed by atoms with van der Waals surface area (Å²) < 4.78 is 34.5. The molecule has 0 spiro atoms. The second-order valence-electron chi connectivity index (χ2n) is 6.64. The molecule has 6 nitrogen and oxygen atoms in total. The standard InChI is InChI=1S/C19H16ClF2N3O3S.ClH/c20-12-8-13(21)11(7-14(12)22)18-23-15-3-6-29-17(15)19(24-18)25-4-1-10(2-5-25)28-9-16(26)27;/h3,6-8,10H,1-2,4-5,9H2,(H,26,27);1H. The number of carboxylic acid groups (broad SMARTS) is 1. The quantitative estimate of drug-likeness (QED) is 0.535. The predicted octanol–water partition coefficient (Wildman–Crippen LogP) is 4.78. The van der Waals surface area contributed by atoms with Crippen LogP contribution in [0.1, 0.15) is 12.8 Å². The van der Waals surface area contributed by atoms with E-state index in [2.05, 4.69) is 9.97 Å². The summed E-state index contributed by atoms with van der Waals surface area (Å²) in [7, 11) is 0. The number of thiophene rings is 1. The molecule has 0 unspecified atom stereocenters. The Morgan fingerprint density at radius 3 is 2.70 bits per heavy atom. The second-order valence-corrected chi connectivity index (χ2v) is 7.97. The van der Waals surface area contributed by atoms with Crippen LogP contribution in [-0.4, -0.2) is 46.8 Å². The van der Waals surface area contributed by atoms with Crippen LogP contribution in [0.25, 0.3) is 21.6 Å². The molecule has 3 heterocycles. The van der Waals surface area contributed by atoms with Crippen LogP contribution >= 0.6 is 35.3 Å². The minimum atomic E-state index is -0.995. The molecule has 0 saturated carbocycles. The van der Waals surface area contributed by atoms with Gasteiger partial charge in [-0.05, 0) is 36.4 Å². The van der Waals surface area contributed by atoms with E-state index in [-0.39, 0.29) is 41.5 Å². The van der Waals surface area contributed by atoms with Crippen molar-refractivity contribution in [1.82, 2.24) is 9.97 Å². The van der Waals surface area contributed by atoms with Crippen molar-refractivity contribution in [1.29, 1.82) is 0 Å². The number of fused-ring (bicyclic) bond motifs is 1. The minimum Gasteiger partial charge on any atom is -0.480 e. The van der Waals surface area contributed by atoms with E-state index in [0.29, 0.717) is 37.3 Å². The van der Waals surface area contributed by atoms with Crippen LogP contribution in [-0.2, 0) is 9.53 Å². The fraction of sp³-hybridized carbons (Fsp3) is 0.316. The fourth-order valence-electron chi connectivity index (χ4n) is 3.30. The van der Waals surface area contributed by atoms with Gasteiger partial charge in [-0.15, -0.1) is 23.7 Å². The van der Waals surface area contributed by atoms with Crippen molar-refractivity contribution in [3.8, 4) is 11.4 Å². The van der Waals surface area contributed by atoms with Crippen LogP contribution < -0.4 is 4.90 Å². The highest BCUT2D eigenvalue weighted by atomic mass is 35.5. The van der Waals surface area contributed by atoms with Crippen molar-refractivity contribution in [3.63, 3.8) is 0 Å². The van der Waals surface area contributed by atoms with Crippen LogP contribution in [0.15, 0.2) is 23.6 Å². The summed E-state index contributed by atoms with van der Waals surface area (Å²) in [6.07, 6.45) is 1.15. The Labute approximate surface area is 185 Å². The summed E-state index contributed by atoms with van der Waals surface area (Å²) in [4.78, 5) is 21.6. The molecule has 3 aromatic rings. The molecule has 1 saturated heterocycles. The van der Waals surface area contributed by atoms with Crippen molar-refractivity contribution < 1.29 is 23.4 Å². The Hall–Kier alpha value is -2.07. The molecule has 4 rings (SSSR count). The molecule has 1 aliphatic rings. The van der Waals surface area contributed by atoms with E-state index in [1.807, 2.05) is 16.3 Å². The van der Waals surface area contributed by atoms with Gasteiger partial charge in [0.15, 0.2) is 11.6 Å². The average Bonchev–Trinajstić information content (AvgIpc) is 3.17. The van der Waals surface area contributed by atoms with E-state index in [1.165, 1.54) is 11.3 Å². The number of halogens is 4. The number of piperidine rings is 1. The van der Waals surface area contributed by atoms with Gasteiger partial charge in [-0.3, -0.25) is 0 Å². The highest BCUT2D eigenvalue weighted by Gasteiger charge is 2.25. The Morgan fingerprint density at radius 1 is 1.27 bits per heavy atom. The van der Waals surface area contributed by atoms with Gasteiger partial charge < -0.3 is 14.7 Å². The van der Waals surface area contributed by atoms with Gasteiger partial charge >= 0.3 is 5.97 Å². The number of hydrogen-bond acceptors (Lipinski definition) is 6. The Kier molecular flexibility index (Phi) is 7.07. The van der Waals surface area contributed by atoms with E-state index in [1.54, 1.807) is 0 Å². The number of benzene rings is 1. The second kappa shape index (κ2) is 9.38. The van der Waals surface area contributed by atoms with Crippen LogP contribution in [0, 0.1) is 11.6 Å². The molecule has 1 aliphatic heterocycles. The minimum absolute atomic E-state index is 0. The molecular weight excluding hydrogens is 459 g/mol. The summed E-state index contributed by atoms with van der Waals surface area (Å²) in [6, 6.07) is 3.72. The normalized spacial score (nSPS) is 14.7. The van der Waals surface area contributed by atoms with Gasteiger partial charge in [0.05, 0.1) is 26.9 Å². The van der Waals surface area contributed by atoms with Gasteiger partial charge in [0.1, 0.15) is 18.2 Å². The summed E-state index contributed by atoms with van der Waals surface area (Å²) in [5.74, 6) is -1.70. The molecule has 30 heavy (non-hydrogen) atoms. The van der Waals surface area contributed by atoms with Crippen molar-refractivity contribution in [2.75, 3.05) is 24.6 Å². The molecule has 0 bridgehead atoms. The smallest absolute Gasteiger partial charge is 0.329 e. The first-order valence-electron chi connectivity index (χ1n) is 8.91. The van der Waals surface area contributed by atoms with Gasteiger partial charge in [-0.1, -0.05) is 11.6 Å². The molecule has 1 N–H and O–H groups in total. The van der Waals surface area contributed by atoms with E-state index in [0.717, 1.165) is 16.8 Å². The molecule has 1 aromatic carbocycles. The number of nitrogens with zero attached hydrogens (tertiary/aromatic N) is 3. The number of aromatic nitrogens is 2. The van der Waals surface area contributed by atoms with Crippen molar-refractivity contribution in [2.24, 2.45) is 0 Å². The lowest BCUT2D eigenvalue weighted by Crippen LogP contribution is -2.38. The maximum atomic E-state index is 14.4. The topological polar surface area (TPSA) is 75.6 Å². The summed E-state index contributed by atoms with van der Waals surface area (Å²) >= 11 is 7.12. The lowest BCUT2D eigenvalue weighted by atomic mass is 10.1. The maximum Gasteiger partial charge on any atom is 0.329 e. The van der Waals surface area contributed by atoms with Crippen LogP contribution in [0.2, 0.25) is 5.02 Å². The first-order valence-corrected chi connectivity index (χ1v) is 10.2. The number of carbonyl (C=O) groups is 1. The van der Waals surface area contributed by atoms with Gasteiger partial charge in [0.25, 0.3) is 0 Å². The van der Waals surface area contributed by atoms with Crippen molar-refractivity contribution in [3.05, 3.63) is 40.2 Å². The van der Waals surface area contributed by atoms with Gasteiger partial charge in [0, 0.05) is 13.1 Å². The molecule has 0 atom stereocenters. The molecule has 160 valence electrons. The summed E-state index contributed by atoms with van der Waals surface area (Å²) in [6.45, 7) is 0.884. The zero-order chi connectivity index (χ0) is 20.5. The maximum absolute atomic E-state index is 14.4. The third kappa shape index (κ3) is 4.64. The molecule has 11 heteroatoms. The molecule has 1 fully saturated rings. The van der Waals surface area contributed by atoms with E-state index < -0.39 is 17.6 Å². The number of hydrogen-bond donors (Lipinski definition) is 1. The van der Waals surface area contributed by atoms with E-state index >= 15 is 0 Å². The SMILES string of the molecule is Cl.O=C(O)COC1CCN(c2nc(-c3cc(F)c(Cl)cc3F)nc3ccsc23)CC1. The van der Waals surface area contributed by atoms with Crippen LogP contribution in [0.4, 0.5) is 14.6 Å². The van der Waals surface area contributed by atoms with Gasteiger partial charge in [-0.2, -0.15) is 0 Å². The van der Waals surface area contributed by atoms with E-state index in [4.69, 9.17) is 21.4 Å². The zero-order valence-corrected chi connectivity index (χ0v) is 17.9. The first kappa shape index (κ1) is 22.6. The third-order valence-corrected chi connectivity index (χ3v) is 5.91. The van der Waals surface area contributed by atoms with Crippen molar-refractivity contribution >= 4 is 57.3 Å². The highest BCUT2D eigenvalue weighted by molar-refractivity contribution is 7.17. The Bertz CT molecular complexity index is 1070. The zero-order valence-electron chi connectivity index (χ0n) is 15.5. The highest BCUT2D eigenvalue weighted by Crippen LogP contribution is 2.34. The summed E-state index contributed by atoms with van der Waals surface area (Å²) in [5.41, 5.74) is 0.593. The largest absolute Gasteiger partial charge is 0.480 e. The Balaban J connectivity index is 0.00000256. The number of carboxylic acids is 1. The number of rotatable bonds is 5. The lowest BCUT2D eigenvalue weighted by Gasteiger charge is -2.32. The van der Waals surface area contributed by atoms with Gasteiger partial charge in [0.2, 0.25) is 0 Å². The number of aliphatic carboxylic acids is 1. The average molecular weight is 476 g/mol. The molecule has 0 aliphatic carbocycles. The molecule has 0 amide bonds. The number of anilines is 1. The van der Waals surface area contributed by atoms with Gasteiger partial charge in [-0.25, -0.2) is 23.5 Å². The predicted molar refractivity (Wildman–Crippen MR) is 114 cm³/mol.